The van der Waals surface area contributed by atoms with Crippen molar-refractivity contribution in [2.24, 2.45) is 5.18 Å². The molecule has 1 saturated heterocycles. The van der Waals surface area contributed by atoms with Crippen molar-refractivity contribution >= 4 is 6.09 Å². The van der Waals surface area contributed by atoms with Crippen molar-refractivity contribution in [2.75, 3.05) is 20.2 Å². The Kier molecular flexibility index (Phi) is 4.45. The predicted molar refractivity (Wildman–Crippen MR) is 62.8 cm³/mol. The summed E-state index contributed by atoms with van der Waals surface area (Å²) in [5, 5.41) is 2.86. The van der Waals surface area contributed by atoms with E-state index in [2.05, 4.69) is 5.18 Å². The van der Waals surface area contributed by atoms with Crippen molar-refractivity contribution in [3.05, 3.63) is 4.91 Å². The molecular formula is C11H20N2O4. The molecule has 0 N–H and O–H groups in total. The van der Waals surface area contributed by atoms with Crippen LogP contribution < -0.4 is 0 Å². The molecule has 6 heteroatoms. The fourth-order valence-electron chi connectivity index (χ4n) is 1.85. The molecule has 1 aliphatic heterocycles. The Morgan fingerprint density at radius 1 is 1.47 bits per heavy atom. The van der Waals surface area contributed by atoms with Crippen LogP contribution in [0.1, 0.15) is 27.2 Å². The zero-order valence-corrected chi connectivity index (χ0v) is 10.8. The molecular weight excluding hydrogens is 224 g/mol. The van der Waals surface area contributed by atoms with Gasteiger partial charge < -0.3 is 14.4 Å². The number of carbonyl (C=O) groups is 1. The van der Waals surface area contributed by atoms with E-state index in [0.29, 0.717) is 13.0 Å². The standard InChI is InChI=1S/C11H20N2O4/c1-11(2,3)17-10(14)13-7-9(16-4)5-8(13)6-12-15/h8-9H,5-7H2,1-4H3/t8-,9-/m0/s1. The number of rotatable bonds is 3. The van der Waals surface area contributed by atoms with E-state index in [0.717, 1.165) is 0 Å². The third kappa shape index (κ3) is 3.96. The SMILES string of the molecule is CO[C@H]1C[C@@H](CN=O)N(C(=O)OC(C)(C)C)C1. The Morgan fingerprint density at radius 3 is 2.59 bits per heavy atom. The Bertz CT molecular complexity index is 288. The molecule has 17 heavy (non-hydrogen) atoms. The van der Waals surface area contributed by atoms with Crippen molar-refractivity contribution in [3.63, 3.8) is 0 Å². The summed E-state index contributed by atoms with van der Waals surface area (Å²) >= 11 is 0. The molecule has 1 aliphatic rings. The topological polar surface area (TPSA) is 68.2 Å². The number of nitrogens with zero attached hydrogens (tertiary/aromatic N) is 2. The molecule has 0 saturated carbocycles. The highest BCUT2D eigenvalue weighted by Gasteiger charge is 2.37. The van der Waals surface area contributed by atoms with Crippen molar-refractivity contribution in [2.45, 2.75) is 44.9 Å². The Labute approximate surface area is 101 Å². The molecule has 0 aromatic heterocycles. The van der Waals surface area contributed by atoms with Crippen LogP contribution in [0, 0.1) is 4.91 Å². The summed E-state index contributed by atoms with van der Waals surface area (Å²) in [7, 11) is 1.59. The Balaban J connectivity index is 2.66. The van der Waals surface area contributed by atoms with Gasteiger partial charge in [-0.05, 0) is 27.2 Å². The zero-order valence-electron chi connectivity index (χ0n) is 10.8. The molecule has 1 rings (SSSR count). The van der Waals surface area contributed by atoms with Crippen LogP contribution in [0.15, 0.2) is 5.18 Å². The number of hydrogen-bond donors (Lipinski definition) is 0. The molecule has 1 heterocycles. The minimum absolute atomic E-state index is 0.0470. The summed E-state index contributed by atoms with van der Waals surface area (Å²) in [6.07, 6.45) is 0.168. The third-order valence-corrected chi connectivity index (χ3v) is 2.62. The second-order valence-corrected chi connectivity index (χ2v) is 5.19. The van der Waals surface area contributed by atoms with Crippen LogP contribution >= 0.6 is 0 Å². The molecule has 0 aliphatic carbocycles. The van der Waals surface area contributed by atoms with Crippen LogP contribution in [-0.2, 0) is 9.47 Å². The molecule has 6 nitrogen and oxygen atoms in total. The maximum atomic E-state index is 11.9. The fraction of sp³-hybridized carbons (Fsp3) is 0.909. The average Bonchev–Trinajstić information content (AvgIpc) is 2.59. The van der Waals surface area contributed by atoms with Gasteiger partial charge in [0.1, 0.15) is 12.1 Å². The minimum Gasteiger partial charge on any atom is -0.444 e. The quantitative estimate of drug-likeness (QED) is 0.709. The highest BCUT2D eigenvalue weighted by Crippen LogP contribution is 2.23. The number of ether oxygens (including phenoxy) is 2. The van der Waals surface area contributed by atoms with E-state index in [9.17, 15) is 9.70 Å². The molecule has 1 fully saturated rings. The maximum Gasteiger partial charge on any atom is 0.410 e. The highest BCUT2D eigenvalue weighted by molar-refractivity contribution is 5.69. The molecule has 0 spiro atoms. The van der Waals surface area contributed by atoms with Gasteiger partial charge in [-0.15, -0.1) is 0 Å². The molecule has 0 radical (unpaired) electrons. The summed E-state index contributed by atoms with van der Waals surface area (Å²) in [6.45, 7) is 5.95. The molecule has 0 aromatic carbocycles. The lowest BCUT2D eigenvalue weighted by Gasteiger charge is -2.27. The molecule has 0 unspecified atom stereocenters. The van der Waals surface area contributed by atoms with Gasteiger partial charge >= 0.3 is 6.09 Å². The lowest BCUT2D eigenvalue weighted by molar-refractivity contribution is 0.0201. The molecule has 1 amide bonds. The summed E-state index contributed by atoms with van der Waals surface area (Å²) in [6, 6.07) is -0.215. The van der Waals surface area contributed by atoms with Gasteiger partial charge in [0.05, 0.1) is 18.7 Å². The molecule has 2 atom stereocenters. The number of likely N-dealkylation sites (tertiary alicyclic amines) is 1. The zero-order chi connectivity index (χ0) is 13.1. The molecule has 0 aromatic rings. The van der Waals surface area contributed by atoms with Crippen molar-refractivity contribution in [1.82, 2.24) is 4.90 Å². The first-order valence-electron chi connectivity index (χ1n) is 5.69. The first-order valence-corrected chi connectivity index (χ1v) is 5.69. The monoisotopic (exact) mass is 244 g/mol. The molecule has 98 valence electrons. The number of nitroso groups, excluding NO2 is 1. The van der Waals surface area contributed by atoms with Gasteiger partial charge in [0, 0.05) is 7.11 Å². The molecule has 0 bridgehead atoms. The van der Waals surface area contributed by atoms with Crippen LogP contribution in [0.3, 0.4) is 0 Å². The second-order valence-electron chi connectivity index (χ2n) is 5.19. The summed E-state index contributed by atoms with van der Waals surface area (Å²) in [5.74, 6) is 0. The lowest BCUT2D eigenvalue weighted by atomic mass is 10.2. The maximum absolute atomic E-state index is 11.9. The Hall–Kier alpha value is -1.17. The summed E-state index contributed by atoms with van der Waals surface area (Å²) < 4.78 is 10.5. The first-order chi connectivity index (χ1) is 7.87. The van der Waals surface area contributed by atoms with E-state index in [1.54, 1.807) is 7.11 Å². The van der Waals surface area contributed by atoms with Crippen LogP contribution in [0.25, 0.3) is 0 Å². The van der Waals surface area contributed by atoms with Gasteiger partial charge in [-0.25, -0.2) is 4.79 Å². The van der Waals surface area contributed by atoms with E-state index in [4.69, 9.17) is 9.47 Å². The second kappa shape index (κ2) is 5.44. The summed E-state index contributed by atoms with van der Waals surface area (Å²) in [4.78, 5) is 23.8. The van der Waals surface area contributed by atoms with Gasteiger partial charge in [-0.2, -0.15) is 4.91 Å². The number of amides is 1. The van der Waals surface area contributed by atoms with E-state index in [-0.39, 0.29) is 18.7 Å². The van der Waals surface area contributed by atoms with Gasteiger partial charge in [-0.3, -0.25) is 0 Å². The van der Waals surface area contributed by atoms with Gasteiger partial charge in [0.25, 0.3) is 0 Å². The smallest absolute Gasteiger partial charge is 0.410 e. The largest absolute Gasteiger partial charge is 0.444 e. The van der Waals surface area contributed by atoms with Crippen molar-refractivity contribution in [1.29, 1.82) is 0 Å². The number of methoxy groups -OCH3 is 1. The van der Waals surface area contributed by atoms with Crippen LogP contribution in [-0.4, -0.2) is 48.9 Å². The highest BCUT2D eigenvalue weighted by atomic mass is 16.6. The van der Waals surface area contributed by atoms with Gasteiger partial charge in [0.2, 0.25) is 0 Å². The third-order valence-electron chi connectivity index (χ3n) is 2.62. The fourth-order valence-corrected chi connectivity index (χ4v) is 1.85. The van der Waals surface area contributed by atoms with E-state index in [1.807, 2.05) is 20.8 Å². The average molecular weight is 244 g/mol. The predicted octanol–water partition coefficient (Wildman–Crippen LogP) is 1.78. The number of hydrogen-bond acceptors (Lipinski definition) is 5. The van der Waals surface area contributed by atoms with Crippen LogP contribution in [0.4, 0.5) is 4.79 Å². The van der Waals surface area contributed by atoms with E-state index in [1.165, 1.54) is 4.90 Å². The normalized spacial score (nSPS) is 24.8. The van der Waals surface area contributed by atoms with Gasteiger partial charge in [0.15, 0.2) is 0 Å². The van der Waals surface area contributed by atoms with Gasteiger partial charge in [-0.1, -0.05) is 5.18 Å². The first kappa shape index (κ1) is 13.9. The van der Waals surface area contributed by atoms with Crippen LogP contribution in [0.2, 0.25) is 0 Å². The van der Waals surface area contributed by atoms with Crippen molar-refractivity contribution in [3.8, 4) is 0 Å². The van der Waals surface area contributed by atoms with E-state index < -0.39 is 11.7 Å². The lowest BCUT2D eigenvalue weighted by Crippen LogP contribution is -2.41. The van der Waals surface area contributed by atoms with Crippen LogP contribution in [0.5, 0.6) is 0 Å². The number of carbonyl (C=O) groups excluding carboxylic acids is 1. The minimum atomic E-state index is -0.540. The Morgan fingerprint density at radius 2 is 2.12 bits per heavy atom. The summed E-state index contributed by atoms with van der Waals surface area (Å²) in [5.41, 5.74) is -0.540. The van der Waals surface area contributed by atoms with Crippen molar-refractivity contribution < 1.29 is 14.3 Å². The van der Waals surface area contributed by atoms with E-state index >= 15 is 0 Å².